The fourth-order valence-electron chi connectivity index (χ4n) is 4.66. The number of rotatable bonds is 20. The summed E-state index contributed by atoms with van der Waals surface area (Å²) in [5, 5.41) is 11.3. The summed E-state index contributed by atoms with van der Waals surface area (Å²) in [6, 6.07) is 15.8. The summed E-state index contributed by atoms with van der Waals surface area (Å²) in [6.07, 6.45) is 4.30. The molecule has 0 aliphatic rings. The van der Waals surface area contributed by atoms with Crippen molar-refractivity contribution in [2.24, 2.45) is 0 Å². The van der Waals surface area contributed by atoms with Crippen LogP contribution in [0.15, 0.2) is 48.5 Å². The first-order valence-corrected chi connectivity index (χ1v) is 15.7. The number of hydrogen-bond donors (Lipinski definition) is 1. The van der Waals surface area contributed by atoms with Crippen molar-refractivity contribution in [1.82, 2.24) is 0 Å². The molecule has 1 unspecified atom stereocenters. The summed E-state index contributed by atoms with van der Waals surface area (Å²) in [5.74, 6) is -2.12. The number of benzene rings is 2. The first-order valence-electron chi connectivity index (χ1n) is 15.7. The number of esters is 3. The fraction of sp³-hybridized carbons (Fsp3) is 0.571. The van der Waals surface area contributed by atoms with Gasteiger partial charge in [0.15, 0.2) is 0 Å². The van der Waals surface area contributed by atoms with Gasteiger partial charge in [0.05, 0.1) is 13.2 Å². The highest BCUT2D eigenvalue weighted by Gasteiger charge is 2.59. The molecule has 2 rings (SSSR count). The van der Waals surface area contributed by atoms with Gasteiger partial charge in [-0.05, 0) is 102 Å². The second-order valence-electron chi connectivity index (χ2n) is 11.5. The lowest BCUT2D eigenvalue weighted by Crippen LogP contribution is -2.62. The lowest BCUT2D eigenvalue weighted by atomic mass is 9.95. The maximum Gasteiger partial charge on any atom is 0.353 e. The van der Waals surface area contributed by atoms with Crippen LogP contribution in [0.4, 0.5) is 0 Å². The van der Waals surface area contributed by atoms with Crippen LogP contribution in [0, 0.1) is 6.92 Å². The molecule has 0 aliphatic carbocycles. The van der Waals surface area contributed by atoms with Gasteiger partial charge in [-0.15, -0.1) is 0 Å². The molecule has 0 amide bonds. The van der Waals surface area contributed by atoms with Crippen LogP contribution >= 0.6 is 0 Å². The smallest absolute Gasteiger partial charge is 0.353 e. The Balaban J connectivity index is 2.02. The minimum atomic E-state index is -3.01. The van der Waals surface area contributed by atoms with Gasteiger partial charge in [-0.2, -0.15) is 0 Å². The number of carbonyl (C=O) groups is 3. The lowest BCUT2D eigenvalue weighted by Gasteiger charge is -2.33. The first-order chi connectivity index (χ1) is 21.0. The molecule has 9 nitrogen and oxygen atoms in total. The Morgan fingerprint density at radius 2 is 1.48 bits per heavy atom. The summed E-state index contributed by atoms with van der Waals surface area (Å²) in [5.41, 5.74) is -1.64. The third-order valence-electron chi connectivity index (χ3n) is 7.07. The number of unbranched alkanes of at least 4 members (excludes halogenated alkanes) is 4. The molecular formula is C35H50O9. The second kappa shape index (κ2) is 18.4. The van der Waals surface area contributed by atoms with Crippen LogP contribution in [-0.2, 0) is 39.8 Å². The molecule has 0 radical (unpaired) electrons. The van der Waals surface area contributed by atoms with Crippen LogP contribution in [-0.4, -0.2) is 60.1 Å². The van der Waals surface area contributed by atoms with E-state index >= 15 is 0 Å². The van der Waals surface area contributed by atoms with Crippen LogP contribution < -0.4 is 4.74 Å². The molecule has 0 heterocycles. The monoisotopic (exact) mass is 614 g/mol. The zero-order chi connectivity index (χ0) is 32.6. The van der Waals surface area contributed by atoms with Crippen molar-refractivity contribution < 1.29 is 43.2 Å². The molecule has 1 N–H and O–H groups in total. The van der Waals surface area contributed by atoms with E-state index in [2.05, 4.69) is 6.92 Å². The molecule has 2 aromatic carbocycles. The second-order valence-corrected chi connectivity index (χ2v) is 11.5. The largest absolute Gasteiger partial charge is 0.463 e. The van der Waals surface area contributed by atoms with Crippen LogP contribution in [0.2, 0.25) is 0 Å². The van der Waals surface area contributed by atoms with E-state index in [-0.39, 0.29) is 19.8 Å². The van der Waals surface area contributed by atoms with E-state index < -0.39 is 35.2 Å². The highest BCUT2D eigenvalue weighted by molar-refractivity contribution is 6.08. The molecule has 0 fully saturated rings. The van der Waals surface area contributed by atoms with Crippen molar-refractivity contribution in [2.45, 2.75) is 110 Å². The van der Waals surface area contributed by atoms with Crippen molar-refractivity contribution in [3.05, 3.63) is 59.7 Å². The third kappa shape index (κ3) is 11.6. The molecular weight excluding hydrogens is 564 g/mol. The molecule has 244 valence electrons. The van der Waals surface area contributed by atoms with E-state index in [0.717, 1.165) is 61.2 Å². The minimum Gasteiger partial charge on any atom is -0.463 e. The van der Waals surface area contributed by atoms with Crippen molar-refractivity contribution in [2.75, 3.05) is 19.8 Å². The van der Waals surface area contributed by atoms with E-state index in [1.165, 1.54) is 13.8 Å². The maximum absolute atomic E-state index is 13.4. The van der Waals surface area contributed by atoms with Crippen molar-refractivity contribution in [1.29, 1.82) is 0 Å². The number of carbonyl (C=O) groups excluding carboxylic acids is 3. The topological polar surface area (TPSA) is 118 Å². The van der Waals surface area contributed by atoms with Gasteiger partial charge in [-0.3, -0.25) is 0 Å². The molecule has 9 heteroatoms. The molecule has 0 spiro atoms. The Bertz CT molecular complexity index is 1150. The quantitative estimate of drug-likeness (QED) is 0.0757. The lowest BCUT2D eigenvalue weighted by molar-refractivity contribution is -0.213. The summed E-state index contributed by atoms with van der Waals surface area (Å²) in [7, 11) is 0. The van der Waals surface area contributed by atoms with Gasteiger partial charge >= 0.3 is 17.9 Å². The number of ether oxygens (including phenoxy) is 5. The average molecular weight is 615 g/mol. The normalized spacial score (nSPS) is 12.3. The first kappa shape index (κ1) is 36.8. The van der Waals surface area contributed by atoms with Gasteiger partial charge in [0.1, 0.15) is 17.1 Å². The number of hydrogen-bond acceptors (Lipinski definition) is 9. The molecule has 0 aliphatic heterocycles. The number of aryl methyl sites for hydroxylation is 2. The average Bonchev–Trinajstić information content (AvgIpc) is 2.97. The Kier molecular flexibility index (Phi) is 15.4. The van der Waals surface area contributed by atoms with E-state index in [9.17, 15) is 19.5 Å². The molecule has 2 aromatic rings. The van der Waals surface area contributed by atoms with E-state index in [0.29, 0.717) is 12.8 Å². The van der Waals surface area contributed by atoms with E-state index in [1.807, 2.05) is 55.5 Å². The number of aliphatic hydroxyl groups is 1. The van der Waals surface area contributed by atoms with Gasteiger partial charge < -0.3 is 28.8 Å². The van der Waals surface area contributed by atoms with Crippen molar-refractivity contribution in [3.8, 4) is 11.5 Å². The fourth-order valence-corrected chi connectivity index (χ4v) is 4.66. The molecule has 1 atom stereocenters. The Morgan fingerprint density at radius 3 is 2.07 bits per heavy atom. The Labute approximate surface area is 262 Å². The molecule has 0 bridgehead atoms. The summed E-state index contributed by atoms with van der Waals surface area (Å²) >= 11 is 0. The van der Waals surface area contributed by atoms with Crippen molar-refractivity contribution in [3.63, 3.8) is 0 Å². The SMILES string of the molecule is CCCCCC(C)(C)OC(=O)C(OCCCCCc1ccc(Oc2cccc(C)c2)cc1)C(O)(C(=O)OCC)C(=O)OCC. The van der Waals surface area contributed by atoms with Gasteiger partial charge in [0.2, 0.25) is 6.10 Å². The maximum atomic E-state index is 13.4. The van der Waals surface area contributed by atoms with Crippen LogP contribution in [0.25, 0.3) is 0 Å². The van der Waals surface area contributed by atoms with E-state index in [4.69, 9.17) is 23.7 Å². The minimum absolute atomic E-state index is 0.000417. The third-order valence-corrected chi connectivity index (χ3v) is 7.07. The van der Waals surface area contributed by atoms with Gasteiger partial charge in [-0.25, -0.2) is 14.4 Å². The van der Waals surface area contributed by atoms with Gasteiger partial charge in [-0.1, -0.05) is 50.5 Å². The zero-order valence-corrected chi connectivity index (χ0v) is 27.2. The highest BCUT2D eigenvalue weighted by Crippen LogP contribution is 2.27. The molecule has 0 saturated heterocycles. The van der Waals surface area contributed by atoms with E-state index in [1.54, 1.807) is 13.8 Å². The zero-order valence-electron chi connectivity index (χ0n) is 27.2. The standard InChI is InChI=1S/C35H50O9/c1-7-10-13-23-34(5,6)44-31(36)30(35(39,32(37)40-8-2)33(38)41-9-3)42-24-14-11-12-17-27-19-21-28(22-20-27)43-29-18-15-16-26(4)25-29/h15-16,18-22,25,30,39H,7-14,17,23-24H2,1-6H3. The Morgan fingerprint density at radius 1 is 0.818 bits per heavy atom. The van der Waals surface area contributed by atoms with Crippen molar-refractivity contribution >= 4 is 17.9 Å². The highest BCUT2D eigenvalue weighted by atomic mass is 16.6. The van der Waals surface area contributed by atoms with Crippen LogP contribution in [0.5, 0.6) is 11.5 Å². The van der Waals surface area contributed by atoms with Gasteiger partial charge in [0.25, 0.3) is 5.60 Å². The Hall–Kier alpha value is -3.43. The summed E-state index contributed by atoms with van der Waals surface area (Å²) < 4.78 is 27.3. The van der Waals surface area contributed by atoms with Crippen LogP contribution in [0.1, 0.15) is 90.7 Å². The van der Waals surface area contributed by atoms with Crippen LogP contribution in [0.3, 0.4) is 0 Å². The molecule has 44 heavy (non-hydrogen) atoms. The predicted octanol–water partition coefficient (Wildman–Crippen LogP) is 6.64. The molecule has 0 aromatic heterocycles. The summed E-state index contributed by atoms with van der Waals surface area (Å²) in [4.78, 5) is 39.1. The van der Waals surface area contributed by atoms with Gasteiger partial charge in [0, 0.05) is 6.61 Å². The molecule has 0 saturated carbocycles. The predicted molar refractivity (Wildman–Crippen MR) is 168 cm³/mol. The summed E-state index contributed by atoms with van der Waals surface area (Å²) in [6.45, 7) is 10.4.